The molecule has 0 fully saturated rings. The summed E-state index contributed by atoms with van der Waals surface area (Å²) in [6.07, 6.45) is 0. The van der Waals surface area contributed by atoms with Crippen molar-refractivity contribution < 1.29 is 26.8 Å². The molecule has 0 atom stereocenters. The normalized spacial score (nSPS) is 17.1. The molecule has 1 aliphatic heterocycles. The predicted molar refractivity (Wildman–Crippen MR) is 70.2 cm³/mol. The van der Waals surface area contributed by atoms with Gasteiger partial charge in [-0.1, -0.05) is 0 Å². The Bertz CT molecular complexity index is 689. The zero-order valence-corrected chi connectivity index (χ0v) is 12.0. The Morgan fingerprint density at radius 1 is 0.957 bits per heavy atom. The van der Waals surface area contributed by atoms with Crippen molar-refractivity contribution in [3.63, 3.8) is 0 Å². The van der Waals surface area contributed by atoms with Crippen LogP contribution in [0.3, 0.4) is 0 Å². The molecule has 1 heterocycles. The van der Waals surface area contributed by atoms with Crippen LogP contribution in [0.2, 0.25) is 0 Å². The lowest BCUT2D eigenvalue weighted by Crippen LogP contribution is -2.53. The molecule has 0 bridgehead atoms. The number of halogens is 5. The molecule has 6 nitrogen and oxygen atoms in total. The van der Waals surface area contributed by atoms with Gasteiger partial charge < -0.3 is 11.5 Å². The summed E-state index contributed by atoms with van der Waals surface area (Å²) in [6.45, 7) is 1.99. The van der Waals surface area contributed by atoms with Crippen LogP contribution in [-0.2, 0) is 11.4 Å². The van der Waals surface area contributed by atoms with Crippen LogP contribution < -0.4 is 11.5 Å². The van der Waals surface area contributed by atoms with Crippen LogP contribution in [0.1, 0.15) is 19.4 Å². The molecule has 126 valence electrons. The zero-order valence-electron chi connectivity index (χ0n) is 12.0. The first-order chi connectivity index (χ1) is 10.6. The first kappa shape index (κ1) is 16.9. The van der Waals surface area contributed by atoms with Gasteiger partial charge in [0.2, 0.25) is 17.7 Å². The van der Waals surface area contributed by atoms with Crippen molar-refractivity contribution >= 4 is 11.9 Å². The Morgan fingerprint density at radius 2 is 1.43 bits per heavy atom. The highest BCUT2D eigenvalue weighted by Gasteiger charge is 2.34. The Hall–Kier alpha value is -2.43. The highest BCUT2D eigenvalue weighted by atomic mass is 19.2. The molecule has 23 heavy (non-hydrogen) atoms. The Kier molecular flexibility index (Phi) is 4.16. The second-order valence-corrected chi connectivity index (χ2v) is 5.05. The van der Waals surface area contributed by atoms with Gasteiger partial charge in [-0.3, -0.25) is 4.84 Å². The van der Waals surface area contributed by atoms with Gasteiger partial charge >= 0.3 is 0 Å². The van der Waals surface area contributed by atoms with E-state index >= 15 is 0 Å². The van der Waals surface area contributed by atoms with Crippen LogP contribution in [0.5, 0.6) is 0 Å². The van der Waals surface area contributed by atoms with Gasteiger partial charge in [0.1, 0.15) is 6.61 Å². The van der Waals surface area contributed by atoms with Crippen molar-refractivity contribution in [3.8, 4) is 0 Å². The lowest BCUT2D eigenvalue weighted by atomic mass is 10.2. The standard InChI is InChI=1S/C12H12F5N5O/c1-12(2)21-10(18)20-11(19)22(12)23-3-4-5(13)7(15)9(17)8(16)6(4)14/h3H2,1-2H3,(H4,18,19,20,21). The highest BCUT2D eigenvalue weighted by molar-refractivity contribution is 5.95. The third kappa shape index (κ3) is 2.91. The largest absolute Gasteiger partial charge is 0.368 e. The summed E-state index contributed by atoms with van der Waals surface area (Å²) in [4.78, 5) is 12.5. The van der Waals surface area contributed by atoms with Crippen molar-refractivity contribution in [2.24, 2.45) is 21.5 Å². The van der Waals surface area contributed by atoms with E-state index in [1.54, 1.807) is 0 Å². The van der Waals surface area contributed by atoms with E-state index in [1.807, 2.05) is 0 Å². The summed E-state index contributed by atoms with van der Waals surface area (Å²) in [7, 11) is 0. The minimum absolute atomic E-state index is 0.149. The van der Waals surface area contributed by atoms with Gasteiger partial charge in [0.15, 0.2) is 28.9 Å². The van der Waals surface area contributed by atoms with Crippen molar-refractivity contribution in [2.45, 2.75) is 26.1 Å². The average Bonchev–Trinajstić information content (AvgIpc) is 2.44. The molecule has 11 heteroatoms. The number of hydroxylamine groups is 2. The maximum Gasteiger partial charge on any atom is 0.226 e. The van der Waals surface area contributed by atoms with E-state index in [1.165, 1.54) is 13.8 Å². The summed E-state index contributed by atoms with van der Waals surface area (Å²) in [5.74, 6) is -10.8. The van der Waals surface area contributed by atoms with E-state index in [0.29, 0.717) is 0 Å². The lowest BCUT2D eigenvalue weighted by molar-refractivity contribution is -0.168. The van der Waals surface area contributed by atoms with Crippen molar-refractivity contribution in [2.75, 3.05) is 0 Å². The number of nitrogens with zero attached hydrogens (tertiary/aromatic N) is 3. The fourth-order valence-electron chi connectivity index (χ4n) is 1.92. The van der Waals surface area contributed by atoms with Crippen LogP contribution >= 0.6 is 0 Å². The number of hydrogen-bond donors (Lipinski definition) is 2. The summed E-state index contributed by atoms with van der Waals surface area (Å²) in [6, 6.07) is 0. The molecule has 0 radical (unpaired) electrons. The van der Waals surface area contributed by atoms with Crippen LogP contribution in [0.15, 0.2) is 9.98 Å². The molecule has 0 aromatic heterocycles. The molecule has 0 spiro atoms. The maximum atomic E-state index is 13.6. The second-order valence-electron chi connectivity index (χ2n) is 5.05. The minimum atomic E-state index is -2.25. The number of aliphatic imine (C=N–C) groups is 2. The molecule has 0 saturated carbocycles. The van der Waals surface area contributed by atoms with Crippen LogP contribution in [0.4, 0.5) is 22.0 Å². The Labute approximate surface area is 127 Å². The number of rotatable bonds is 3. The minimum Gasteiger partial charge on any atom is -0.368 e. The molecule has 1 aliphatic rings. The van der Waals surface area contributed by atoms with E-state index in [2.05, 4.69) is 9.98 Å². The molecule has 0 saturated heterocycles. The van der Waals surface area contributed by atoms with Gasteiger partial charge in [-0.15, -0.1) is 0 Å². The average molecular weight is 337 g/mol. The first-order valence-electron chi connectivity index (χ1n) is 6.19. The second kappa shape index (κ2) is 5.65. The van der Waals surface area contributed by atoms with Gasteiger partial charge in [0.25, 0.3) is 0 Å². The number of benzene rings is 1. The molecule has 4 N–H and O–H groups in total. The molecule has 0 unspecified atom stereocenters. The quantitative estimate of drug-likeness (QED) is 0.497. The van der Waals surface area contributed by atoms with Gasteiger partial charge in [0, 0.05) is 0 Å². The highest BCUT2D eigenvalue weighted by Crippen LogP contribution is 2.26. The van der Waals surface area contributed by atoms with Crippen molar-refractivity contribution in [1.82, 2.24) is 5.06 Å². The number of guanidine groups is 2. The van der Waals surface area contributed by atoms with E-state index < -0.39 is 46.9 Å². The number of hydrogen-bond acceptors (Lipinski definition) is 6. The van der Waals surface area contributed by atoms with Crippen LogP contribution in [-0.4, -0.2) is 22.6 Å². The summed E-state index contributed by atoms with van der Waals surface area (Å²) in [5, 5.41) is 0.849. The molecular formula is C12H12F5N5O. The maximum absolute atomic E-state index is 13.6. The van der Waals surface area contributed by atoms with Gasteiger partial charge in [-0.2, -0.15) is 10.1 Å². The van der Waals surface area contributed by atoms with E-state index in [4.69, 9.17) is 16.3 Å². The topological polar surface area (TPSA) is 89.2 Å². The smallest absolute Gasteiger partial charge is 0.226 e. The Balaban J connectivity index is 2.31. The zero-order chi connectivity index (χ0) is 17.5. The van der Waals surface area contributed by atoms with Crippen LogP contribution in [0, 0.1) is 29.1 Å². The van der Waals surface area contributed by atoms with Gasteiger partial charge in [-0.05, 0) is 13.8 Å². The van der Waals surface area contributed by atoms with E-state index in [0.717, 1.165) is 5.06 Å². The third-order valence-corrected chi connectivity index (χ3v) is 2.96. The fourth-order valence-corrected chi connectivity index (χ4v) is 1.92. The van der Waals surface area contributed by atoms with Crippen molar-refractivity contribution in [1.29, 1.82) is 0 Å². The fraction of sp³-hybridized carbons (Fsp3) is 0.333. The van der Waals surface area contributed by atoms with E-state index in [9.17, 15) is 22.0 Å². The molecule has 1 aromatic carbocycles. The SMILES string of the molecule is CC1(C)N=C(N)N=C(N)N1OCc1c(F)c(F)c(F)c(F)c1F. The van der Waals surface area contributed by atoms with Crippen LogP contribution in [0.25, 0.3) is 0 Å². The van der Waals surface area contributed by atoms with Gasteiger partial charge in [0.05, 0.1) is 5.56 Å². The number of nitrogens with two attached hydrogens (primary N) is 2. The predicted octanol–water partition coefficient (Wildman–Crippen LogP) is 1.49. The third-order valence-electron chi connectivity index (χ3n) is 2.96. The lowest BCUT2D eigenvalue weighted by Gasteiger charge is -2.36. The van der Waals surface area contributed by atoms with E-state index in [-0.39, 0.29) is 11.9 Å². The molecule has 1 aromatic rings. The first-order valence-corrected chi connectivity index (χ1v) is 6.19. The Morgan fingerprint density at radius 3 is 1.91 bits per heavy atom. The molecule has 0 aliphatic carbocycles. The van der Waals surface area contributed by atoms with Crippen molar-refractivity contribution in [3.05, 3.63) is 34.6 Å². The monoisotopic (exact) mass is 337 g/mol. The molecule has 2 rings (SSSR count). The summed E-state index contributed by atoms with van der Waals surface area (Å²) in [5.41, 5.74) is 8.64. The molecule has 0 amide bonds. The summed E-state index contributed by atoms with van der Waals surface area (Å²) < 4.78 is 66.4. The molecular weight excluding hydrogens is 325 g/mol. The summed E-state index contributed by atoms with van der Waals surface area (Å²) >= 11 is 0. The van der Waals surface area contributed by atoms with Gasteiger partial charge in [-0.25, -0.2) is 26.9 Å².